The lowest BCUT2D eigenvalue weighted by Gasteiger charge is -2.08. The zero-order valence-electron chi connectivity index (χ0n) is 14.1. The first-order chi connectivity index (χ1) is 12.9. The van der Waals surface area contributed by atoms with Gasteiger partial charge >= 0.3 is 0 Å². The van der Waals surface area contributed by atoms with Gasteiger partial charge in [0, 0.05) is 24.8 Å². The van der Waals surface area contributed by atoms with Crippen LogP contribution in [0.4, 0.5) is 0 Å². The maximum Gasteiger partial charge on any atom is 0.0273 e. The van der Waals surface area contributed by atoms with Gasteiger partial charge in [-0.25, -0.2) is 0 Å². The molecule has 0 atom stereocenters. The molecule has 2 heterocycles. The predicted molar refractivity (Wildman–Crippen MR) is 108 cm³/mol. The summed E-state index contributed by atoms with van der Waals surface area (Å²) in [6.07, 6.45) is 7.34. The van der Waals surface area contributed by atoms with Gasteiger partial charge in [-0.3, -0.25) is 9.97 Å². The summed E-state index contributed by atoms with van der Waals surface area (Å²) < 4.78 is 0. The van der Waals surface area contributed by atoms with Crippen molar-refractivity contribution in [1.29, 1.82) is 0 Å². The Morgan fingerprint density at radius 3 is 1.19 bits per heavy atom. The van der Waals surface area contributed by atoms with Crippen LogP contribution in [0, 0.1) is 0 Å². The Kier molecular flexibility index (Phi) is 3.46. The molecule has 0 unspecified atom stereocenters. The Balaban J connectivity index is 1.65. The van der Waals surface area contributed by atoms with Crippen LogP contribution in [-0.2, 0) is 0 Å². The molecule has 0 spiro atoms. The average Bonchev–Trinajstić information content (AvgIpc) is 2.73. The fourth-order valence-corrected chi connectivity index (χ4v) is 3.45. The minimum Gasteiger partial charge on any atom is -0.265 e. The van der Waals surface area contributed by atoms with E-state index >= 15 is 0 Å². The minimum atomic E-state index is 1.19. The zero-order valence-corrected chi connectivity index (χ0v) is 14.1. The monoisotopic (exact) mass is 332 g/mol. The molecule has 0 aliphatic rings. The minimum absolute atomic E-state index is 1.19. The summed E-state index contributed by atoms with van der Waals surface area (Å²) in [5, 5.41) is 5.01. The number of hydrogen-bond donors (Lipinski definition) is 0. The third-order valence-corrected chi connectivity index (χ3v) is 4.82. The highest BCUT2D eigenvalue weighted by Crippen LogP contribution is 2.30. The van der Waals surface area contributed by atoms with Crippen molar-refractivity contribution in [2.75, 3.05) is 0 Å². The molecule has 0 aliphatic heterocycles. The van der Waals surface area contributed by atoms with Gasteiger partial charge in [0.25, 0.3) is 0 Å². The van der Waals surface area contributed by atoms with E-state index in [4.69, 9.17) is 0 Å². The Bertz CT molecular complexity index is 1110. The number of fused-ring (bicyclic) bond motifs is 2. The van der Waals surface area contributed by atoms with Crippen LogP contribution < -0.4 is 0 Å². The fraction of sp³-hybridized carbons (Fsp3) is 0. The summed E-state index contributed by atoms with van der Waals surface area (Å²) in [7, 11) is 0. The highest BCUT2D eigenvalue weighted by Gasteiger charge is 2.04. The topological polar surface area (TPSA) is 25.8 Å². The van der Waals surface area contributed by atoms with Gasteiger partial charge < -0.3 is 0 Å². The van der Waals surface area contributed by atoms with Crippen molar-refractivity contribution in [2.24, 2.45) is 0 Å². The third-order valence-electron chi connectivity index (χ3n) is 4.82. The van der Waals surface area contributed by atoms with Crippen molar-refractivity contribution >= 4 is 21.5 Å². The lowest BCUT2D eigenvalue weighted by Crippen LogP contribution is -1.83. The van der Waals surface area contributed by atoms with Crippen molar-refractivity contribution in [3.8, 4) is 22.3 Å². The Morgan fingerprint density at radius 2 is 0.769 bits per heavy atom. The Labute approximate surface area is 151 Å². The summed E-state index contributed by atoms with van der Waals surface area (Å²) in [6, 6.07) is 26.0. The van der Waals surface area contributed by atoms with Gasteiger partial charge in [-0.1, -0.05) is 24.3 Å². The van der Waals surface area contributed by atoms with Crippen LogP contribution in [0.15, 0.2) is 97.6 Å². The van der Waals surface area contributed by atoms with Gasteiger partial charge in [0.15, 0.2) is 0 Å². The maximum atomic E-state index is 4.10. The van der Waals surface area contributed by atoms with E-state index in [2.05, 4.69) is 58.5 Å². The van der Waals surface area contributed by atoms with Crippen LogP contribution in [0.1, 0.15) is 0 Å². The molecule has 2 heteroatoms. The molecule has 0 N–H and O–H groups in total. The van der Waals surface area contributed by atoms with E-state index < -0.39 is 0 Å². The summed E-state index contributed by atoms with van der Waals surface area (Å²) in [6.45, 7) is 0. The van der Waals surface area contributed by atoms with E-state index in [1.54, 1.807) is 0 Å². The second-order valence-corrected chi connectivity index (χ2v) is 6.45. The SMILES string of the molecule is c1cc(-c2ccc3cc4cc(-c5ccncc5)ccc4cc3c2)ccn1. The Morgan fingerprint density at radius 1 is 0.346 bits per heavy atom. The van der Waals surface area contributed by atoms with E-state index in [1.165, 1.54) is 43.8 Å². The van der Waals surface area contributed by atoms with E-state index in [0.717, 1.165) is 0 Å². The van der Waals surface area contributed by atoms with Gasteiger partial charge in [-0.15, -0.1) is 0 Å². The van der Waals surface area contributed by atoms with E-state index in [0.29, 0.717) is 0 Å². The normalized spacial score (nSPS) is 11.1. The highest BCUT2D eigenvalue weighted by atomic mass is 14.6. The van der Waals surface area contributed by atoms with Crippen LogP contribution in [0.5, 0.6) is 0 Å². The van der Waals surface area contributed by atoms with Crippen LogP contribution in [0.25, 0.3) is 43.8 Å². The summed E-state index contributed by atoms with van der Waals surface area (Å²) in [5.41, 5.74) is 4.81. The standard InChI is InChI=1S/C24H16N2/c1-3-21-15-24-14-20(18-7-11-26-12-8-18)2-4-22(24)16-23(21)13-19(1)17-5-9-25-10-6-17/h1-16H. The zero-order chi connectivity index (χ0) is 17.3. The predicted octanol–water partition coefficient (Wildman–Crippen LogP) is 6.12. The average molecular weight is 332 g/mol. The lowest BCUT2D eigenvalue weighted by molar-refractivity contribution is 1.33. The highest BCUT2D eigenvalue weighted by molar-refractivity contribution is 6.01. The van der Waals surface area contributed by atoms with Crippen LogP contribution in [-0.4, -0.2) is 9.97 Å². The molecule has 26 heavy (non-hydrogen) atoms. The van der Waals surface area contributed by atoms with E-state index in [-0.39, 0.29) is 0 Å². The van der Waals surface area contributed by atoms with Crippen LogP contribution in [0.3, 0.4) is 0 Å². The molecule has 0 radical (unpaired) electrons. The van der Waals surface area contributed by atoms with Gasteiger partial charge in [0.1, 0.15) is 0 Å². The first kappa shape index (κ1) is 14.8. The van der Waals surface area contributed by atoms with E-state index in [9.17, 15) is 0 Å². The first-order valence-corrected chi connectivity index (χ1v) is 8.65. The number of pyridine rings is 2. The molecule has 3 aromatic carbocycles. The van der Waals surface area contributed by atoms with Crippen molar-refractivity contribution < 1.29 is 0 Å². The summed E-state index contributed by atoms with van der Waals surface area (Å²) in [5.74, 6) is 0. The lowest BCUT2D eigenvalue weighted by atomic mass is 9.97. The van der Waals surface area contributed by atoms with Gasteiger partial charge in [-0.2, -0.15) is 0 Å². The van der Waals surface area contributed by atoms with Gasteiger partial charge in [0.2, 0.25) is 0 Å². The maximum absolute atomic E-state index is 4.10. The molecular weight excluding hydrogens is 316 g/mol. The fourth-order valence-electron chi connectivity index (χ4n) is 3.45. The summed E-state index contributed by atoms with van der Waals surface area (Å²) in [4.78, 5) is 8.21. The van der Waals surface area contributed by atoms with Crippen molar-refractivity contribution in [3.63, 3.8) is 0 Å². The second kappa shape index (κ2) is 6.08. The number of hydrogen-bond acceptors (Lipinski definition) is 2. The van der Waals surface area contributed by atoms with E-state index in [1.807, 2.05) is 49.1 Å². The molecule has 2 aromatic heterocycles. The van der Waals surface area contributed by atoms with Crippen molar-refractivity contribution in [2.45, 2.75) is 0 Å². The summed E-state index contributed by atoms with van der Waals surface area (Å²) >= 11 is 0. The largest absolute Gasteiger partial charge is 0.265 e. The molecule has 5 aromatic rings. The smallest absolute Gasteiger partial charge is 0.0273 e. The molecule has 0 bridgehead atoms. The molecule has 2 nitrogen and oxygen atoms in total. The molecule has 0 fully saturated rings. The van der Waals surface area contributed by atoms with Crippen LogP contribution >= 0.6 is 0 Å². The molecule has 5 rings (SSSR count). The molecule has 122 valence electrons. The Hall–Kier alpha value is -3.52. The van der Waals surface area contributed by atoms with Crippen LogP contribution in [0.2, 0.25) is 0 Å². The second-order valence-electron chi connectivity index (χ2n) is 6.45. The molecule has 0 amide bonds. The van der Waals surface area contributed by atoms with Gasteiger partial charge in [-0.05, 0) is 92.3 Å². The molecule has 0 aliphatic carbocycles. The van der Waals surface area contributed by atoms with Crippen molar-refractivity contribution in [3.05, 3.63) is 97.6 Å². The molecule has 0 saturated heterocycles. The van der Waals surface area contributed by atoms with Crippen molar-refractivity contribution in [1.82, 2.24) is 9.97 Å². The first-order valence-electron chi connectivity index (χ1n) is 8.65. The number of rotatable bonds is 2. The quantitative estimate of drug-likeness (QED) is 0.364. The number of aromatic nitrogens is 2. The third kappa shape index (κ3) is 2.62. The molecular formula is C24H16N2. The number of nitrogens with zero attached hydrogens (tertiary/aromatic N) is 2. The molecule has 0 saturated carbocycles. The van der Waals surface area contributed by atoms with Gasteiger partial charge in [0.05, 0.1) is 0 Å². The number of benzene rings is 3.